The van der Waals surface area contributed by atoms with Gasteiger partial charge in [0.1, 0.15) is 0 Å². The van der Waals surface area contributed by atoms with Crippen LogP contribution in [0.5, 0.6) is 0 Å². The van der Waals surface area contributed by atoms with Crippen LogP contribution in [-0.4, -0.2) is 15.7 Å². The van der Waals surface area contributed by atoms with E-state index in [0.717, 1.165) is 15.7 Å². The summed E-state index contributed by atoms with van der Waals surface area (Å²) < 4.78 is 2.68. The average molecular weight is 356 g/mol. The molecule has 0 radical (unpaired) electrons. The van der Waals surface area contributed by atoms with Gasteiger partial charge in [-0.15, -0.1) is 0 Å². The quantitative estimate of drug-likeness (QED) is 0.777. The van der Waals surface area contributed by atoms with Gasteiger partial charge >= 0.3 is 0 Å². The molecule has 0 aliphatic carbocycles. The van der Waals surface area contributed by atoms with Gasteiger partial charge in [-0.2, -0.15) is 5.10 Å². The third-order valence-corrected chi connectivity index (χ3v) is 3.70. The minimum absolute atomic E-state index is 0.137. The van der Waals surface area contributed by atoms with Gasteiger partial charge in [0.15, 0.2) is 0 Å². The van der Waals surface area contributed by atoms with E-state index in [9.17, 15) is 4.79 Å². The zero-order valence-corrected chi connectivity index (χ0v) is 13.3. The molecular weight excluding hydrogens is 342 g/mol. The fourth-order valence-corrected chi connectivity index (χ4v) is 2.54. The number of aromatic nitrogens is 2. The highest BCUT2D eigenvalue weighted by Crippen LogP contribution is 2.12. The maximum absolute atomic E-state index is 12.2. The number of halogens is 1. The highest BCUT2D eigenvalue weighted by molar-refractivity contribution is 9.10. The van der Waals surface area contributed by atoms with E-state index in [2.05, 4.69) is 26.3 Å². The van der Waals surface area contributed by atoms with Gasteiger partial charge in [-0.3, -0.25) is 4.79 Å². The summed E-state index contributed by atoms with van der Waals surface area (Å²) >= 11 is 3.42. The molecule has 3 rings (SSSR count). The van der Waals surface area contributed by atoms with Crippen LogP contribution < -0.4 is 5.32 Å². The smallest absolute Gasteiger partial charge is 0.254 e. The zero-order valence-electron chi connectivity index (χ0n) is 11.7. The van der Waals surface area contributed by atoms with Gasteiger partial charge < -0.3 is 5.32 Å². The lowest BCUT2D eigenvalue weighted by atomic mass is 10.2. The molecule has 110 valence electrons. The SMILES string of the molecule is O=C(NCc1cccc(Br)c1)c1cnn(-c2ccccc2)c1. The van der Waals surface area contributed by atoms with Crippen molar-refractivity contribution in [1.29, 1.82) is 0 Å². The molecule has 0 unspecified atom stereocenters. The van der Waals surface area contributed by atoms with Crippen molar-refractivity contribution in [2.75, 3.05) is 0 Å². The number of para-hydroxylation sites is 1. The Morgan fingerprint density at radius 1 is 1.14 bits per heavy atom. The Hall–Kier alpha value is -2.40. The Balaban J connectivity index is 1.67. The third-order valence-electron chi connectivity index (χ3n) is 3.21. The van der Waals surface area contributed by atoms with Crippen LogP contribution in [-0.2, 0) is 6.54 Å². The first-order valence-corrected chi connectivity index (χ1v) is 7.64. The number of hydrogen-bond acceptors (Lipinski definition) is 2. The van der Waals surface area contributed by atoms with Crippen molar-refractivity contribution in [3.63, 3.8) is 0 Å². The standard InChI is InChI=1S/C17H14BrN3O/c18-15-6-4-5-13(9-15)10-19-17(22)14-11-20-21(12-14)16-7-2-1-3-8-16/h1-9,11-12H,10H2,(H,19,22). The van der Waals surface area contributed by atoms with Crippen LogP contribution in [0.4, 0.5) is 0 Å². The minimum Gasteiger partial charge on any atom is -0.348 e. The number of nitrogens with zero attached hydrogens (tertiary/aromatic N) is 2. The molecule has 1 heterocycles. The van der Waals surface area contributed by atoms with E-state index in [0.29, 0.717) is 12.1 Å². The summed E-state index contributed by atoms with van der Waals surface area (Å²) in [7, 11) is 0. The number of carbonyl (C=O) groups excluding carboxylic acids is 1. The second kappa shape index (κ2) is 6.58. The molecular formula is C17H14BrN3O. The molecule has 0 aliphatic rings. The number of carbonyl (C=O) groups is 1. The normalized spacial score (nSPS) is 10.4. The van der Waals surface area contributed by atoms with E-state index < -0.39 is 0 Å². The monoisotopic (exact) mass is 355 g/mol. The molecule has 1 aromatic heterocycles. The van der Waals surface area contributed by atoms with Crippen LogP contribution in [0.15, 0.2) is 71.5 Å². The van der Waals surface area contributed by atoms with Crippen molar-refractivity contribution in [2.45, 2.75) is 6.54 Å². The van der Waals surface area contributed by atoms with Crippen molar-refractivity contribution in [3.8, 4) is 5.69 Å². The molecule has 0 saturated heterocycles. The molecule has 3 aromatic rings. The lowest BCUT2D eigenvalue weighted by molar-refractivity contribution is 0.0951. The summed E-state index contributed by atoms with van der Waals surface area (Å²) in [4.78, 5) is 12.2. The topological polar surface area (TPSA) is 46.9 Å². The maximum Gasteiger partial charge on any atom is 0.254 e. The van der Waals surface area contributed by atoms with Crippen molar-refractivity contribution in [1.82, 2.24) is 15.1 Å². The van der Waals surface area contributed by atoms with Crippen molar-refractivity contribution in [2.24, 2.45) is 0 Å². The molecule has 0 fully saturated rings. The number of benzene rings is 2. The first-order valence-electron chi connectivity index (χ1n) is 6.85. The van der Waals surface area contributed by atoms with Gasteiger partial charge in [0, 0.05) is 17.2 Å². The Kier molecular flexibility index (Phi) is 4.34. The number of amides is 1. The average Bonchev–Trinajstić information content (AvgIpc) is 3.04. The molecule has 0 saturated carbocycles. The number of nitrogens with one attached hydrogen (secondary N) is 1. The van der Waals surface area contributed by atoms with E-state index in [4.69, 9.17) is 0 Å². The molecule has 0 atom stereocenters. The Labute approximate surface area is 136 Å². The minimum atomic E-state index is -0.137. The first-order chi connectivity index (χ1) is 10.7. The van der Waals surface area contributed by atoms with Gasteiger partial charge in [0.05, 0.1) is 17.4 Å². The van der Waals surface area contributed by atoms with Crippen LogP contribution in [0.1, 0.15) is 15.9 Å². The zero-order chi connectivity index (χ0) is 15.4. The van der Waals surface area contributed by atoms with Gasteiger partial charge in [0.2, 0.25) is 0 Å². The highest BCUT2D eigenvalue weighted by Gasteiger charge is 2.09. The summed E-state index contributed by atoms with van der Waals surface area (Å²) in [5.41, 5.74) is 2.51. The molecule has 0 aliphatic heterocycles. The lowest BCUT2D eigenvalue weighted by Gasteiger charge is -2.04. The fourth-order valence-electron chi connectivity index (χ4n) is 2.09. The van der Waals surface area contributed by atoms with Crippen molar-refractivity contribution in [3.05, 3.63) is 82.6 Å². The molecule has 0 bridgehead atoms. The van der Waals surface area contributed by atoms with Crippen LogP contribution in [0.25, 0.3) is 5.69 Å². The molecule has 22 heavy (non-hydrogen) atoms. The highest BCUT2D eigenvalue weighted by atomic mass is 79.9. The lowest BCUT2D eigenvalue weighted by Crippen LogP contribution is -2.22. The Bertz CT molecular complexity index is 783. The molecule has 2 aromatic carbocycles. The molecule has 4 nitrogen and oxygen atoms in total. The van der Waals surface area contributed by atoms with Gasteiger partial charge in [-0.1, -0.05) is 46.3 Å². The van der Waals surface area contributed by atoms with E-state index in [1.54, 1.807) is 17.1 Å². The van der Waals surface area contributed by atoms with E-state index in [1.165, 1.54) is 0 Å². The molecule has 1 amide bonds. The van der Waals surface area contributed by atoms with Crippen LogP contribution in [0.2, 0.25) is 0 Å². The van der Waals surface area contributed by atoms with Crippen LogP contribution in [0, 0.1) is 0 Å². The molecule has 0 spiro atoms. The second-order valence-electron chi connectivity index (χ2n) is 4.82. The summed E-state index contributed by atoms with van der Waals surface area (Å²) in [6.07, 6.45) is 3.30. The maximum atomic E-state index is 12.2. The largest absolute Gasteiger partial charge is 0.348 e. The van der Waals surface area contributed by atoms with E-state index in [1.807, 2.05) is 54.6 Å². The number of hydrogen-bond donors (Lipinski definition) is 1. The van der Waals surface area contributed by atoms with Gasteiger partial charge in [-0.25, -0.2) is 4.68 Å². The van der Waals surface area contributed by atoms with Crippen LogP contribution in [0.3, 0.4) is 0 Å². The van der Waals surface area contributed by atoms with Crippen molar-refractivity contribution >= 4 is 21.8 Å². The molecule has 5 heteroatoms. The van der Waals surface area contributed by atoms with Gasteiger partial charge in [-0.05, 0) is 29.8 Å². The summed E-state index contributed by atoms with van der Waals surface area (Å²) in [5.74, 6) is -0.137. The predicted octanol–water partition coefficient (Wildman–Crippen LogP) is 3.56. The Morgan fingerprint density at radius 3 is 2.73 bits per heavy atom. The van der Waals surface area contributed by atoms with Gasteiger partial charge in [0.25, 0.3) is 5.91 Å². The van der Waals surface area contributed by atoms with Crippen LogP contribution >= 0.6 is 15.9 Å². The van der Waals surface area contributed by atoms with Crippen molar-refractivity contribution < 1.29 is 4.79 Å². The van der Waals surface area contributed by atoms with E-state index in [-0.39, 0.29) is 5.91 Å². The summed E-state index contributed by atoms with van der Waals surface area (Å²) in [6, 6.07) is 17.5. The van der Waals surface area contributed by atoms with E-state index >= 15 is 0 Å². The predicted molar refractivity (Wildman–Crippen MR) is 88.9 cm³/mol. The Morgan fingerprint density at radius 2 is 1.95 bits per heavy atom. The molecule has 1 N–H and O–H groups in total. The second-order valence-corrected chi connectivity index (χ2v) is 5.74. The summed E-state index contributed by atoms with van der Waals surface area (Å²) in [5, 5.41) is 7.12. The fraction of sp³-hybridized carbons (Fsp3) is 0.0588. The summed E-state index contributed by atoms with van der Waals surface area (Å²) in [6.45, 7) is 0.481. The number of rotatable bonds is 4. The third kappa shape index (κ3) is 3.43. The first kappa shape index (κ1) is 14.5.